The maximum Gasteiger partial charge on any atom is 0.416 e. The number of hydrogen-bond donors (Lipinski definition) is 1. The molecule has 0 aliphatic rings. The quantitative estimate of drug-likeness (QED) is 0.902. The molecule has 120 valence electrons. The van der Waals surface area contributed by atoms with E-state index in [-0.39, 0.29) is 31.3 Å². The molecule has 0 aromatic heterocycles. The Labute approximate surface area is 128 Å². The van der Waals surface area contributed by atoms with Crippen LogP contribution in [-0.2, 0) is 11.0 Å². The zero-order valence-corrected chi connectivity index (χ0v) is 12.8. The molecule has 3 nitrogen and oxygen atoms in total. The van der Waals surface area contributed by atoms with Crippen LogP contribution >= 0.6 is 12.4 Å². The summed E-state index contributed by atoms with van der Waals surface area (Å²) >= 11 is 0. The van der Waals surface area contributed by atoms with Gasteiger partial charge in [-0.15, -0.1) is 12.4 Å². The smallest absolute Gasteiger partial charge is 0.336 e. The van der Waals surface area contributed by atoms with E-state index >= 15 is 0 Å². The first-order chi connectivity index (χ1) is 9.31. The van der Waals surface area contributed by atoms with Crippen molar-refractivity contribution < 1.29 is 18.0 Å². The Kier molecular flexibility index (Phi) is 7.74. The average molecular weight is 325 g/mol. The Morgan fingerprint density at radius 1 is 1.38 bits per heavy atom. The summed E-state index contributed by atoms with van der Waals surface area (Å²) in [6.07, 6.45) is -4.19. The minimum Gasteiger partial charge on any atom is -0.336 e. The molecule has 21 heavy (non-hydrogen) atoms. The Bertz CT molecular complexity index is 466. The van der Waals surface area contributed by atoms with Crippen molar-refractivity contribution in [2.24, 2.45) is 5.73 Å². The number of carbonyl (C=O) groups excluding carboxylic acids is 1. The van der Waals surface area contributed by atoms with Gasteiger partial charge in [-0.1, -0.05) is 12.1 Å². The van der Waals surface area contributed by atoms with Crippen molar-refractivity contribution in [1.29, 1.82) is 0 Å². The molecular weight excluding hydrogens is 305 g/mol. The standard InChI is InChI=1S/C14H19F3N2O.ClH/c1-3-19(13(20)7-8-18)10(2)11-5-4-6-12(9-11)14(15,16)17;/h4-6,9-10H,3,7-8,18H2,1-2H3;1H. The summed E-state index contributed by atoms with van der Waals surface area (Å²) in [5.41, 5.74) is 5.11. The zero-order chi connectivity index (χ0) is 15.3. The van der Waals surface area contributed by atoms with Crippen molar-refractivity contribution in [3.63, 3.8) is 0 Å². The van der Waals surface area contributed by atoms with E-state index in [9.17, 15) is 18.0 Å². The third-order valence-corrected chi connectivity index (χ3v) is 3.18. The van der Waals surface area contributed by atoms with Crippen LogP contribution in [0, 0.1) is 0 Å². The second-order valence-electron chi connectivity index (χ2n) is 4.52. The van der Waals surface area contributed by atoms with Crippen molar-refractivity contribution in [1.82, 2.24) is 4.90 Å². The highest BCUT2D eigenvalue weighted by Gasteiger charge is 2.31. The van der Waals surface area contributed by atoms with Crippen LogP contribution in [0.5, 0.6) is 0 Å². The molecule has 0 spiro atoms. The number of halogens is 4. The van der Waals surface area contributed by atoms with Crippen LogP contribution in [0.1, 0.15) is 37.4 Å². The Morgan fingerprint density at radius 3 is 2.48 bits per heavy atom. The van der Waals surface area contributed by atoms with E-state index in [4.69, 9.17) is 5.73 Å². The first-order valence-corrected chi connectivity index (χ1v) is 6.48. The van der Waals surface area contributed by atoms with Gasteiger partial charge in [0.15, 0.2) is 0 Å². The van der Waals surface area contributed by atoms with Gasteiger partial charge in [-0.05, 0) is 31.5 Å². The molecule has 0 aliphatic carbocycles. The predicted molar refractivity (Wildman–Crippen MR) is 78.2 cm³/mol. The molecule has 1 aromatic rings. The van der Waals surface area contributed by atoms with Gasteiger partial charge < -0.3 is 10.6 Å². The fourth-order valence-electron chi connectivity index (χ4n) is 2.09. The molecule has 1 aromatic carbocycles. The second-order valence-corrected chi connectivity index (χ2v) is 4.52. The third kappa shape index (κ3) is 5.21. The molecular formula is C14H20ClF3N2O. The van der Waals surface area contributed by atoms with E-state index in [2.05, 4.69) is 0 Å². The molecule has 0 heterocycles. The number of hydrogen-bond acceptors (Lipinski definition) is 2. The van der Waals surface area contributed by atoms with Crippen LogP contribution in [0.2, 0.25) is 0 Å². The number of nitrogens with zero attached hydrogens (tertiary/aromatic N) is 1. The summed E-state index contributed by atoms with van der Waals surface area (Å²) in [6, 6.07) is 4.65. The van der Waals surface area contributed by atoms with Crippen molar-refractivity contribution in [2.75, 3.05) is 13.1 Å². The molecule has 7 heteroatoms. The lowest BCUT2D eigenvalue weighted by molar-refractivity contribution is -0.137. The molecule has 2 N–H and O–H groups in total. The summed E-state index contributed by atoms with van der Waals surface area (Å²) in [5.74, 6) is -0.153. The molecule has 0 bridgehead atoms. The number of rotatable bonds is 5. The molecule has 1 rings (SSSR count). The number of nitrogens with two attached hydrogens (primary N) is 1. The topological polar surface area (TPSA) is 46.3 Å². The first kappa shape index (κ1) is 19.7. The van der Waals surface area contributed by atoms with Gasteiger partial charge >= 0.3 is 6.18 Å². The Balaban J connectivity index is 0.00000400. The van der Waals surface area contributed by atoms with Crippen LogP contribution < -0.4 is 5.73 Å². The fraction of sp³-hybridized carbons (Fsp3) is 0.500. The summed E-state index contributed by atoms with van der Waals surface area (Å²) in [5, 5.41) is 0. The number of carbonyl (C=O) groups is 1. The number of alkyl halides is 3. The normalized spacial score (nSPS) is 12.5. The molecule has 0 radical (unpaired) electrons. The Morgan fingerprint density at radius 2 is 2.00 bits per heavy atom. The van der Waals surface area contributed by atoms with Gasteiger partial charge in [0, 0.05) is 19.5 Å². The van der Waals surface area contributed by atoms with E-state index in [1.807, 2.05) is 0 Å². The highest BCUT2D eigenvalue weighted by atomic mass is 35.5. The third-order valence-electron chi connectivity index (χ3n) is 3.18. The van der Waals surface area contributed by atoms with Gasteiger partial charge in [0.25, 0.3) is 0 Å². The van der Waals surface area contributed by atoms with Gasteiger partial charge in [-0.2, -0.15) is 13.2 Å². The molecule has 0 aliphatic heterocycles. The predicted octanol–water partition coefficient (Wildman–Crippen LogP) is 3.39. The van der Waals surface area contributed by atoms with Gasteiger partial charge in [-0.3, -0.25) is 4.79 Å². The first-order valence-electron chi connectivity index (χ1n) is 6.48. The number of benzene rings is 1. The van der Waals surface area contributed by atoms with Gasteiger partial charge in [-0.25, -0.2) is 0 Å². The summed E-state index contributed by atoms with van der Waals surface area (Å²) in [6.45, 7) is 4.16. The molecule has 0 fully saturated rings. The molecule has 0 saturated carbocycles. The molecule has 1 unspecified atom stereocenters. The van der Waals surface area contributed by atoms with Gasteiger partial charge in [0.2, 0.25) is 5.91 Å². The monoisotopic (exact) mass is 324 g/mol. The van der Waals surface area contributed by atoms with Gasteiger partial charge in [0.1, 0.15) is 0 Å². The van der Waals surface area contributed by atoms with Crippen LogP contribution in [0.25, 0.3) is 0 Å². The lowest BCUT2D eigenvalue weighted by Gasteiger charge is -2.29. The molecule has 1 atom stereocenters. The lowest BCUT2D eigenvalue weighted by Crippen LogP contribution is -2.34. The largest absolute Gasteiger partial charge is 0.416 e. The molecule has 0 saturated heterocycles. The van der Waals surface area contributed by atoms with E-state index in [0.717, 1.165) is 12.1 Å². The van der Waals surface area contributed by atoms with E-state index in [1.54, 1.807) is 19.9 Å². The van der Waals surface area contributed by atoms with Crippen molar-refractivity contribution in [3.8, 4) is 0 Å². The highest BCUT2D eigenvalue weighted by molar-refractivity contribution is 5.85. The SMILES string of the molecule is CCN(C(=O)CCN)C(C)c1cccc(C(F)(F)F)c1.Cl. The fourth-order valence-corrected chi connectivity index (χ4v) is 2.09. The van der Waals surface area contributed by atoms with Crippen LogP contribution in [-0.4, -0.2) is 23.9 Å². The minimum absolute atomic E-state index is 0. The minimum atomic E-state index is -4.38. The van der Waals surface area contributed by atoms with Crippen LogP contribution in [0.3, 0.4) is 0 Å². The van der Waals surface area contributed by atoms with Crippen molar-refractivity contribution in [2.45, 2.75) is 32.5 Å². The summed E-state index contributed by atoms with van der Waals surface area (Å²) in [7, 11) is 0. The average Bonchev–Trinajstić information content (AvgIpc) is 2.39. The second kappa shape index (κ2) is 8.24. The molecule has 1 amide bonds. The van der Waals surface area contributed by atoms with Gasteiger partial charge in [0.05, 0.1) is 11.6 Å². The Hall–Kier alpha value is -1.27. The zero-order valence-electron chi connectivity index (χ0n) is 12.0. The van der Waals surface area contributed by atoms with Crippen LogP contribution in [0.15, 0.2) is 24.3 Å². The van der Waals surface area contributed by atoms with E-state index < -0.39 is 17.8 Å². The maximum absolute atomic E-state index is 12.7. The van der Waals surface area contributed by atoms with E-state index in [1.165, 1.54) is 11.0 Å². The summed E-state index contributed by atoms with van der Waals surface area (Å²) in [4.78, 5) is 13.4. The highest BCUT2D eigenvalue weighted by Crippen LogP contribution is 2.31. The van der Waals surface area contributed by atoms with Crippen LogP contribution in [0.4, 0.5) is 13.2 Å². The van der Waals surface area contributed by atoms with Crippen molar-refractivity contribution in [3.05, 3.63) is 35.4 Å². The van der Waals surface area contributed by atoms with Crippen molar-refractivity contribution >= 4 is 18.3 Å². The lowest BCUT2D eigenvalue weighted by atomic mass is 10.0. The van der Waals surface area contributed by atoms with E-state index in [0.29, 0.717) is 12.1 Å². The maximum atomic E-state index is 12.7. The summed E-state index contributed by atoms with van der Waals surface area (Å²) < 4.78 is 38.1. The number of amides is 1.